The number of phenolic OH excluding ortho intramolecular Hbond substituents is 1. The van der Waals surface area contributed by atoms with Crippen molar-refractivity contribution < 1.29 is 10.6 Å². The molecule has 6 aromatic carbocycles. The first-order chi connectivity index (χ1) is 32.4. The van der Waals surface area contributed by atoms with E-state index in [1.165, 1.54) is 5.56 Å². The van der Waals surface area contributed by atoms with Crippen molar-refractivity contribution in [1.29, 1.82) is 0 Å². The normalized spacial score (nSPS) is 13.9. The number of para-hydroxylation sites is 1. The second-order valence-corrected chi connectivity index (χ2v) is 22.5. The molecule has 8 aromatic rings. The number of phenols is 1. The molecule has 1 N–H and O–H groups in total. The van der Waals surface area contributed by atoms with E-state index in [9.17, 15) is 5.11 Å². The predicted molar refractivity (Wildman–Crippen MR) is 281 cm³/mol. The third-order valence-corrected chi connectivity index (χ3v) is 13.0. The summed E-state index contributed by atoms with van der Waals surface area (Å²) in [4.78, 5) is 10.6. The molecule has 0 bridgehead atoms. The highest BCUT2D eigenvalue weighted by Crippen LogP contribution is 2.46. The molecule has 0 fully saturated rings. The lowest BCUT2D eigenvalue weighted by Gasteiger charge is -2.27. The number of imidazole rings is 1. The van der Waals surface area contributed by atoms with E-state index in [0.29, 0.717) is 11.4 Å². The monoisotopic (exact) mass is 876 g/mol. The molecule has 2 aromatic heterocycles. The van der Waals surface area contributed by atoms with Gasteiger partial charge in [0.15, 0.2) is 0 Å². The smallest absolute Gasteiger partial charge is 0.149 e. The van der Waals surface area contributed by atoms with E-state index in [4.69, 9.17) is 15.5 Å². The molecule has 0 unspecified atom stereocenters. The number of hydrogen-bond donors (Lipinski definition) is 1. The lowest BCUT2D eigenvalue weighted by atomic mass is 9.79. The van der Waals surface area contributed by atoms with Gasteiger partial charge >= 0.3 is 0 Å². The van der Waals surface area contributed by atoms with Crippen LogP contribution in [-0.4, -0.2) is 19.6 Å². The van der Waals surface area contributed by atoms with Gasteiger partial charge in [0.05, 0.1) is 28.0 Å². The molecule has 0 amide bonds. The Hall–Kier alpha value is -6.26. The molecule has 2 heterocycles. The molecule has 4 heteroatoms. The highest BCUT2D eigenvalue weighted by molar-refractivity contribution is 5.98. The van der Waals surface area contributed by atoms with Crippen LogP contribution in [0.1, 0.15) is 142 Å². The molecular formula is C62H69N3O. The summed E-state index contributed by atoms with van der Waals surface area (Å²) in [6.07, 6.45) is 1.86. The van der Waals surface area contributed by atoms with Crippen molar-refractivity contribution in [3.8, 4) is 67.5 Å². The minimum absolute atomic E-state index is 0.0813. The molecule has 338 valence electrons. The Kier molecular flexibility index (Phi) is 10.5. The summed E-state index contributed by atoms with van der Waals surface area (Å²) < 4.78 is 36.2. The molecule has 0 spiro atoms. The summed E-state index contributed by atoms with van der Waals surface area (Å²) in [5, 5.41) is 12.6. The third-order valence-electron chi connectivity index (χ3n) is 13.0. The van der Waals surface area contributed by atoms with Crippen LogP contribution in [0.25, 0.3) is 72.7 Å². The molecule has 4 nitrogen and oxygen atoms in total. The molecular weight excluding hydrogens is 803 g/mol. The van der Waals surface area contributed by atoms with Crippen molar-refractivity contribution in [2.45, 2.75) is 131 Å². The second kappa shape index (κ2) is 16.9. The van der Waals surface area contributed by atoms with E-state index in [0.717, 1.165) is 83.6 Å². The average molecular weight is 876 g/mol. The number of benzene rings is 6. The van der Waals surface area contributed by atoms with Crippen LogP contribution in [0, 0.1) is 6.85 Å². The van der Waals surface area contributed by atoms with Gasteiger partial charge in [0.1, 0.15) is 11.6 Å². The van der Waals surface area contributed by atoms with Crippen molar-refractivity contribution in [2.24, 2.45) is 0 Å². The largest absolute Gasteiger partial charge is 0.507 e. The number of aromatic hydroxyl groups is 1. The van der Waals surface area contributed by atoms with Crippen molar-refractivity contribution >= 4 is 11.0 Å². The van der Waals surface area contributed by atoms with Crippen LogP contribution in [-0.2, 0) is 21.7 Å². The Bertz CT molecular complexity index is 3250. The molecule has 0 atom stereocenters. The van der Waals surface area contributed by atoms with Crippen LogP contribution >= 0.6 is 0 Å². The number of nitrogens with zero attached hydrogens (tertiary/aromatic N) is 3. The summed E-state index contributed by atoms with van der Waals surface area (Å²) >= 11 is 0. The van der Waals surface area contributed by atoms with Gasteiger partial charge in [-0.1, -0.05) is 181 Å². The fraction of sp³-hybridized carbons (Fsp3) is 0.323. The van der Waals surface area contributed by atoms with Gasteiger partial charge in [0.25, 0.3) is 0 Å². The first kappa shape index (κ1) is 41.2. The Morgan fingerprint density at radius 3 is 1.80 bits per heavy atom. The molecule has 0 aliphatic heterocycles. The van der Waals surface area contributed by atoms with Crippen LogP contribution in [0.3, 0.4) is 0 Å². The molecule has 0 aliphatic rings. The standard InChI is InChI=1S/C62H69N3O/c1-38(2)40-20-22-41(23-21-40)43-29-30-63-53(35-43)45-32-44(33-47(34-45)60(7,8)9)49-17-16-18-55-56(49)64-58(51-36-48(61(10,11)12)37-52(57(51)66)62(13,14)15)65(55)54-28-19-39(3)31-50(54)42-24-26-46(27-25-42)59(4,5)6/h16-38,66H,1-15H3/i3D3,38D. The Morgan fingerprint density at radius 2 is 1.18 bits per heavy atom. The van der Waals surface area contributed by atoms with E-state index in [-0.39, 0.29) is 27.6 Å². The maximum Gasteiger partial charge on any atom is 0.149 e. The van der Waals surface area contributed by atoms with Crippen molar-refractivity contribution in [3.05, 3.63) is 167 Å². The zero-order chi connectivity index (χ0) is 51.1. The minimum atomic E-state index is -2.35. The summed E-state index contributed by atoms with van der Waals surface area (Å²) in [5.74, 6) is 0.0180. The predicted octanol–water partition coefficient (Wildman–Crippen LogP) is 17.1. The first-order valence-corrected chi connectivity index (χ1v) is 23.3. The fourth-order valence-corrected chi connectivity index (χ4v) is 8.81. The average Bonchev–Trinajstić information content (AvgIpc) is 3.66. The Morgan fingerprint density at radius 1 is 0.545 bits per heavy atom. The Balaban J connectivity index is 1.44. The van der Waals surface area contributed by atoms with Crippen LogP contribution in [0.5, 0.6) is 5.75 Å². The van der Waals surface area contributed by atoms with Gasteiger partial charge in [-0.05, 0) is 127 Å². The number of aromatic nitrogens is 3. The van der Waals surface area contributed by atoms with Crippen LogP contribution in [0.2, 0.25) is 0 Å². The maximum absolute atomic E-state index is 12.6. The number of fused-ring (bicyclic) bond motifs is 1. The molecule has 0 radical (unpaired) electrons. The van der Waals surface area contributed by atoms with Crippen molar-refractivity contribution in [1.82, 2.24) is 14.5 Å². The summed E-state index contributed by atoms with van der Waals surface area (Å²) in [5.41, 5.74) is 14.7. The van der Waals surface area contributed by atoms with Crippen LogP contribution in [0.4, 0.5) is 0 Å². The SMILES string of the molecule is [2H]C([2H])([2H])c1ccc(-n2c(-c3cc(C(C)(C)C)cc(C(C)(C)C)c3O)nc3c(-c4cc(-c5cc(-c6ccc(C([2H])(C)C)cc6)ccn5)cc(C(C)(C)C)c4)cccc32)c(-c2ccc(C(C)(C)C)cc2)c1. The van der Waals surface area contributed by atoms with Gasteiger partial charge in [-0.15, -0.1) is 0 Å². The number of hydrogen-bond acceptors (Lipinski definition) is 3. The molecule has 66 heavy (non-hydrogen) atoms. The van der Waals surface area contributed by atoms with Gasteiger partial charge < -0.3 is 5.11 Å². The topological polar surface area (TPSA) is 50.9 Å². The minimum Gasteiger partial charge on any atom is -0.507 e. The molecule has 8 rings (SSSR count). The lowest BCUT2D eigenvalue weighted by molar-refractivity contribution is 0.446. The zero-order valence-corrected chi connectivity index (χ0v) is 41.5. The van der Waals surface area contributed by atoms with E-state index >= 15 is 0 Å². The third kappa shape index (κ3) is 9.12. The van der Waals surface area contributed by atoms with E-state index in [1.54, 1.807) is 12.1 Å². The number of aryl methyl sites for hydroxylation is 1. The Labute approximate surface area is 400 Å². The van der Waals surface area contributed by atoms with E-state index < -0.39 is 18.2 Å². The van der Waals surface area contributed by atoms with Gasteiger partial charge in [0.2, 0.25) is 0 Å². The zero-order valence-electron chi connectivity index (χ0n) is 45.5. The summed E-state index contributed by atoms with van der Waals surface area (Å²) in [6.45, 7) is 27.6. The maximum atomic E-state index is 12.6. The number of rotatable bonds is 7. The van der Waals surface area contributed by atoms with E-state index in [2.05, 4.69) is 179 Å². The first-order valence-electron chi connectivity index (χ1n) is 25.3. The second-order valence-electron chi connectivity index (χ2n) is 22.5. The summed E-state index contributed by atoms with van der Waals surface area (Å²) in [7, 11) is 0. The summed E-state index contributed by atoms with van der Waals surface area (Å²) in [6, 6.07) is 43.3. The van der Waals surface area contributed by atoms with Gasteiger partial charge in [-0.25, -0.2) is 4.98 Å². The van der Waals surface area contributed by atoms with Crippen LogP contribution in [0.15, 0.2) is 134 Å². The molecule has 0 saturated carbocycles. The highest BCUT2D eigenvalue weighted by atomic mass is 16.3. The van der Waals surface area contributed by atoms with Crippen molar-refractivity contribution in [3.63, 3.8) is 0 Å². The van der Waals surface area contributed by atoms with Gasteiger partial charge in [0, 0.05) is 33.9 Å². The lowest BCUT2D eigenvalue weighted by Crippen LogP contribution is -2.17. The van der Waals surface area contributed by atoms with Gasteiger partial charge in [-0.3, -0.25) is 9.55 Å². The number of pyridine rings is 1. The molecule has 0 saturated heterocycles. The van der Waals surface area contributed by atoms with E-state index in [1.807, 2.05) is 44.3 Å². The van der Waals surface area contributed by atoms with Crippen molar-refractivity contribution in [2.75, 3.05) is 0 Å². The quantitative estimate of drug-likeness (QED) is 0.174. The molecule has 0 aliphatic carbocycles. The highest BCUT2D eigenvalue weighted by Gasteiger charge is 2.30. The fourth-order valence-electron chi connectivity index (χ4n) is 8.81. The van der Waals surface area contributed by atoms with Gasteiger partial charge in [-0.2, -0.15) is 0 Å². The van der Waals surface area contributed by atoms with Crippen LogP contribution < -0.4 is 0 Å².